The van der Waals surface area contributed by atoms with Crippen LogP contribution < -0.4 is 9.61 Å². The first-order chi connectivity index (χ1) is 15.4. The van der Waals surface area contributed by atoms with Crippen LogP contribution in [0.5, 0.6) is 5.75 Å². The number of rotatable bonds is 6. The highest BCUT2D eigenvalue weighted by Crippen LogP contribution is 2.19. The summed E-state index contributed by atoms with van der Waals surface area (Å²) in [5.41, 5.74) is 4.63. The van der Waals surface area contributed by atoms with E-state index in [9.17, 15) is 13.2 Å². The lowest BCUT2D eigenvalue weighted by atomic mass is 10.1. The SMILES string of the molecule is Cc1ccc(S(=O)(=O)Oc2ccc(/C=N\NC(=O)c3ccc4ccccc4c3)cc2)cc1. The molecule has 0 fully saturated rings. The van der Waals surface area contributed by atoms with Gasteiger partial charge in [0.1, 0.15) is 10.6 Å². The molecule has 6 nitrogen and oxygen atoms in total. The zero-order valence-corrected chi connectivity index (χ0v) is 18.0. The molecule has 0 heterocycles. The number of amides is 1. The summed E-state index contributed by atoms with van der Waals surface area (Å²) in [5.74, 6) is -0.140. The molecular weight excluding hydrogens is 424 g/mol. The topological polar surface area (TPSA) is 84.8 Å². The second-order valence-electron chi connectivity index (χ2n) is 7.18. The third-order valence-electron chi connectivity index (χ3n) is 4.79. The minimum Gasteiger partial charge on any atom is -0.379 e. The van der Waals surface area contributed by atoms with Crippen molar-refractivity contribution in [3.8, 4) is 5.75 Å². The van der Waals surface area contributed by atoms with Gasteiger partial charge in [0.15, 0.2) is 0 Å². The van der Waals surface area contributed by atoms with E-state index in [-0.39, 0.29) is 16.6 Å². The molecule has 0 bridgehead atoms. The van der Waals surface area contributed by atoms with E-state index in [2.05, 4.69) is 10.5 Å². The summed E-state index contributed by atoms with van der Waals surface area (Å²) in [5, 5.41) is 6.00. The van der Waals surface area contributed by atoms with E-state index in [1.165, 1.54) is 30.5 Å². The third kappa shape index (κ3) is 5.01. The van der Waals surface area contributed by atoms with Crippen LogP contribution in [0.3, 0.4) is 0 Å². The monoisotopic (exact) mass is 444 g/mol. The van der Waals surface area contributed by atoms with E-state index in [0.29, 0.717) is 11.1 Å². The number of aryl methyl sites for hydroxylation is 1. The molecule has 0 saturated carbocycles. The van der Waals surface area contributed by atoms with Gasteiger partial charge < -0.3 is 4.18 Å². The maximum Gasteiger partial charge on any atom is 0.339 e. The van der Waals surface area contributed by atoms with Crippen LogP contribution in [0.15, 0.2) is 101 Å². The number of hydrazone groups is 1. The van der Waals surface area contributed by atoms with E-state index in [1.54, 1.807) is 36.4 Å². The molecule has 1 amide bonds. The zero-order valence-electron chi connectivity index (χ0n) is 17.2. The molecule has 4 aromatic carbocycles. The summed E-state index contributed by atoms with van der Waals surface area (Å²) < 4.78 is 29.9. The van der Waals surface area contributed by atoms with Gasteiger partial charge in [-0.2, -0.15) is 13.5 Å². The number of carbonyl (C=O) groups is 1. The van der Waals surface area contributed by atoms with Crippen molar-refractivity contribution in [3.05, 3.63) is 108 Å². The molecule has 0 aliphatic rings. The first-order valence-electron chi connectivity index (χ1n) is 9.84. The second kappa shape index (κ2) is 9.03. The van der Waals surface area contributed by atoms with Crippen LogP contribution in [0.1, 0.15) is 21.5 Å². The number of nitrogens with zero attached hydrogens (tertiary/aromatic N) is 1. The average Bonchev–Trinajstić information content (AvgIpc) is 2.80. The van der Waals surface area contributed by atoms with Gasteiger partial charge in [0, 0.05) is 5.56 Å². The Hall–Kier alpha value is -3.97. The van der Waals surface area contributed by atoms with Crippen LogP contribution in [0, 0.1) is 6.92 Å². The van der Waals surface area contributed by atoms with Gasteiger partial charge in [0.2, 0.25) is 0 Å². The summed E-state index contributed by atoms with van der Waals surface area (Å²) in [7, 11) is -3.91. The Morgan fingerprint density at radius 3 is 2.28 bits per heavy atom. The van der Waals surface area contributed by atoms with E-state index < -0.39 is 10.1 Å². The molecule has 0 saturated heterocycles. The van der Waals surface area contributed by atoms with Crippen molar-refractivity contribution in [3.63, 3.8) is 0 Å². The van der Waals surface area contributed by atoms with Crippen molar-refractivity contribution < 1.29 is 17.4 Å². The minimum absolute atomic E-state index is 0.0881. The molecule has 4 rings (SSSR count). The third-order valence-corrected chi connectivity index (χ3v) is 6.05. The smallest absolute Gasteiger partial charge is 0.339 e. The van der Waals surface area contributed by atoms with Crippen molar-refractivity contribution in [2.24, 2.45) is 5.10 Å². The lowest BCUT2D eigenvalue weighted by molar-refractivity contribution is 0.0955. The summed E-state index contributed by atoms with van der Waals surface area (Å²) >= 11 is 0. The van der Waals surface area contributed by atoms with Gasteiger partial charge in [-0.05, 0) is 71.8 Å². The molecule has 0 aromatic heterocycles. The largest absolute Gasteiger partial charge is 0.379 e. The van der Waals surface area contributed by atoms with Crippen LogP contribution >= 0.6 is 0 Å². The Balaban J connectivity index is 1.38. The molecule has 0 unspecified atom stereocenters. The fourth-order valence-electron chi connectivity index (χ4n) is 3.05. The Bertz CT molecular complexity index is 1390. The Morgan fingerprint density at radius 2 is 1.56 bits per heavy atom. The summed E-state index contributed by atoms with van der Waals surface area (Å²) in [6.45, 7) is 1.88. The van der Waals surface area contributed by atoms with Gasteiger partial charge in [-0.25, -0.2) is 5.43 Å². The first-order valence-corrected chi connectivity index (χ1v) is 11.2. The standard InChI is InChI=1S/C25H20N2O4S/c1-18-6-14-24(15-7-18)32(29,30)31-23-12-8-19(9-13-23)17-26-27-25(28)22-11-10-20-4-2-3-5-21(20)16-22/h2-17H,1H3,(H,27,28)/b26-17-. The fourth-order valence-corrected chi connectivity index (χ4v) is 3.98. The summed E-state index contributed by atoms with van der Waals surface area (Å²) in [4.78, 5) is 12.4. The van der Waals surface area contributed by atoms with Gasteiger partial charge in [-0.3, -0.25) is 4.79 Å². The average molecular weight is 445 g/mol. The Labute approximate surface area is 186 Å². The van der Waals surface area contributed by atoms with Gasteiger partial charge in [0.25, 0.3) is 5.91 Å². The van der Waals surface area contributed by atoms with E-state index >= 15 is 0 Å². The Morgan fingerprint density at radius 1 is 0.875 bits per heavy atom. The predicted molar refractivity (Wildman–Crippen MR) is 124 cm³/mol. The molecular formula is C25H20N2O4S. The summed E-state index contributed by atoms with van der Waals surface area (Å²) in [6.07, 6.45) is 1.47. The molecule has 0 aliphatic heterocycles. The zero-order chi connectivity index (χ0) is 22.6. The minimum atomic E-state index is -3.91. The number of fused-ring (bicyclic) bond motifs is 1. The molecule has 7 heteroatoms. The Kier molecular flexibility index (Phi) is 6.00. The normalized spacial score (nSPS) is 11.5. The number of hydrogen-bond acceptors (Lipinski definition) is 5. The quantitative estimate of drug-likeness (QED) is 0.266. The lowest BCUT2D eigenvalue weighted by Crippen LogP contribution is -2.17. The first kappa shape index (κ1) is 21.3. The lowest BCUT2D eigenvalue weighted by Gasteiger charge is -2.07. The van der Waals surface area contributed by atoms with Crippen molar-refractivity contribution in [2.75, 3.05) is 0 Å². The maximum atomic E-state index is 12.4. The van der Waals surface area contributed by atoms with Crippen LogP contribution in [0.25, 0.3) is 10.8 Å². The van der Waals surface area contributed by atoms with Crippen molar-refractivity contribution >= 4 is 33.0 Å². The number of nitrogens with one attached hydrogen (secondary N) is 1. The molecule has 1 N–H and O–H groups in total. The predicted octanol–water partition coefficient (Wildman–Crippen LogP) is 4.68. The molecule has 0 atom stereocenters. The van der Waals surface area contributed by atoms with Crippen molar-refractivity contribution in [1.82, 2.24) is 5.43 Å². The van der Waals surface area contributed by atoms with Crippen molar-refractivity contribution in [2.45, 2.75) is 11.8 Å². The van der Waals surface area contributed by atoms with Crippen LogP contribution in [0.4, 0.5) is 0 Å². The fraction of sp³-hybridized carbons (Fsp3) is 0.0400. The van der Waals surface area contributed by atoms with Gasteiger partial charge in [-0.1, -0.05) is 48.0 Å². The van der Waals surface area contributed by atoms with Crippen LogP contribution in [0.2, 0.25) is 0 Å². The van der Waals surface area contributed by atoms with Crippen molar-refractivity contribution in [1.29, 1.82) is 0 Å². The molecule has 0 spiro atoms. The molecule has 0 aliphatic carbocycles. The maximum absolute atomic E-state index is 12.4. The highest BCUT2D eigenvalue weighted by molar-refractivity contribution is 7.87. The second-order valence-corrected chi connectivity index (χ2v) is 8.73. The number of carbonyl (C=O) groups excluding carboxylic acids is 1. The summed E-state index contributed by atoms with van der Waals surface area (Å²) in [6, 6.07) is 26.0. The molecule has 4 aromatic rings. The molecule has 32 heavy (non-hydrogen) atoms. The van der Waals surface area contributed by atoms with Gasteiger partial charge in [0.05, 0.1) is 6.21 Å². The molecule has 160 valence electrons. The van der Waals surface area contributed by atoms with E-state index in [4.69, 9.17) is 4.18 Å². The number of hydrogen-bond donors (Lipinski definition) is 1. The highest BCUT2D eigenvalue weighted by Gasteiger charge is 2.16. The van der Waals surface area contributed by atoms with E-state index in [1.807, 2.05) is 37.3 Å². The van der Waals surface area contributed by atoms with Crippen LogP contribution in [-0.2, 0) is 10.1 Å². The van der Waals surface area contributed by atoms with E-state index in [0.717, 1.165) is 16.3 Å². The van der Waals surface area contributed by atoms with Gasteiger partial charge >= 0.3 is 10.1 Å². The van der Waals surface area contributed by atoms with Gasteiger partial charge in [-0.15, -0.1) is 0 Å². The van der Waals surface area contributed by atoms with Crippen LogP contribution in [-0.4, -0.2) is 20.5 Å². The molecule has 0 radical (unpaired) electrons. The number of benzene rings is 4. The highest BCUT2D eigenvalue weighted by atomic mass is 32.2.